The van der Waals surface area contributed by atoms with E-state index in [9.17, 15) is 14.7 Å². The number of nitrogens with zero attached hydrogens (tertiary/aromatic N) is 1. The molecule has 1 heterocycles. The first-order valence-electron chi connectivity index (χ1n) is 10.2. The molecule has 0 aliphatic heterocycles. The molecule has 0 spiro atoms. The first-order valence-corrected chi connectivity index (χ1v) is 11.4. The molecule has 7 nitrogen and oxygen atoms in total. The Balaban J connectivity index is 1.55. The van der Waals surface area contributed by atoms with Crippen molar-refractivity contribution in [2.75, 3.05) is 12.4 Å². The molecule has 1 aromatic heterocycles. The number of carbonyl (C=O) groups is 2. The van der Waals surface area contributed by atoms with E-state index in [1.165, 1.54) is 25.3 Å². The van der Waals surface area contributed by atoms with E-state index in [4.69, 9.17) is 22.2 Å². The average molecular weight is 494 g/mol. The molecule has 172 valence electrons. The van der Waals surface area contributed by atoms with Gasteiger partial charge in [0, 0.05) is 15.8 Å². The Hall–Kier alpha value is -3.88. The standard InChI is InChI=1S/C25H20ClN3O4S/c1-33-21-11-14(24(29-27)25(32)15-7-9-20(30)18(26)10-15)6-8-19(21)28-23(31)12-16-13-34-22-5-3-2-4-17(16)22/h2-11,13,30H,12,27H2,1H3,(H,28,31)/b29-24+. The maximum atomic E-state index is 12.9. The lowest BCUT2D eigenvalue weighted by atomic mass is 10.00. The first kappa shape index (κ1) is 23.3. The minimum Gasteiger partial charge on any atom is -0.506 e. The van der Waals surface area contributed by atoms with Crippen molar-refractivity contribution in [3.8, 4) is 11.5 Å². The summed E-state index contributed by atoms with van der Waals surface area (Å²) in [4.78, 5) is 25.7. The van der Waals surface area contributed by atoms with Gasteiger partial charge in [-0.25, -0.2) is 0 Å². The second kappa shape index (κ2) is 9.94. The number of ether oxygens (including phenoxy) is 1. The molecule has 0 aliphatic carbocycles. The van der Waals surface area contributed by atoms with E-state index in [2.05, 4.69) is 10.4 Å². The van der Waals surface area contributed by atoms with Crippen molar-refractivity contribution in [2.45, 2.75) is 6.42 Å². The van der Waals surface area contributed by atoms with E-state index < -0.39 is 5.78 Å². The fourth-order valence-corrected chi connectivity index (χ4v) is 4.67. The molecule has 0 bridgehead atoms. The number of anilines is 1. The normalized spacial score (nSPS) is 11.4. The first-order chi connectivity index (χ1) is 16.4. The Kier molecular flexibility index (Phi) is 6.81. The molecule has 4 N–H and O–H groups in total. The van der Waals surface area contributed by atoms with Gasteiger partial charge in [0.05, 0.1) is 24.2 Å². The van der Waals surface area contributed by atoms with Crippen LogP contribution in [-0.2, 0) is 11.2 Å². The third-order valence-corrected chi connectivity index (χ3v) is 6.53. The number of aromatic hydroxyl groups is 1. The number of nitrogens with one attached hydrogen (secondary N) is 1. The molecule has 0 saturated carbocycles. The lowest BCUT2D eigenvalue weighted by molar-refractivity contribution is -0.115. The molecule has 1 amide bonds. The highest BCUT2D eigenvalue weighted by molar-refractivity contribution is 7.17. The minimum atomic E-state index is -0.479. The van der Waals surface area contributed by atoms with Gasteiger partial charge in [0.25, 0.3) is 0 Å². The highest BCUT2D eigenvalue weighted by atomic mass is 35.5. The molecule has 0 unspecified atom stereocenters. The summed E-state index contributed by atoms with van der Waals surface area (Å²) >= 11 is 7.51. The summed E-state index contributed by atoms with van der Waals surface area (Å²) < 4.78 is 6.56. The van der Waals surface area contributed by atoms with Gasteiger partial charge in [-0.2, -0.15) is 5.10 Å². The number of phenols is 1. The number of Topliss-reactive ketones (excluding diaryl/α,β-unsaturated/α-hetero) is 1. The molecule has 0 saturated heterocycles. The number of hydrazone groups is 1. The summed E-state index contributed by atoms with van der Waals surface area (Å²) in [6.07, 6.45) is 0.213. The van der Waals surface area contributed by atoms with Crippen molar-refractivity contribution in [3.05, 3.63) is 87.8 Å². The molecule has 0 fully saturated rings. The van der Waals surface area contributed by atoms with Crippen molar-refractivity contribution in [1.82, 2.24) is 0 Å². The molecule has 34 heavy (non-hydrogen) atoms. The molecule has 9 heteroatoms. The summed E-state index contributed by atoms with van der Waals surface area (Å²) in [6.45, 7) is 0. The highest BCUT2D eigenvalue weighted by Crippen LogP contribution is 2.29. The lowest BCUT2D eigenvalue weighted by Gasteiger charge is -2.13. The number of carbonyl (C=O) groups excluding carboxylic acids is 2. The van der Waals surface area contributed by atoms with Crippen molar-refractivity contribution < 1.29 is 19.4 Å². The van der Waals surface area contributed by atoms with Crippen LogP contribution in [0.2, 0.25) is 5.02 Å². The molecule has 0 atom stereocenters. The van der Waals surface area contributed by atoms with Crippen LogP contribution in [0.15, 0.2) is 71.1 Å². The van der Waals surface area contributed by atoms with E-state index in [-0.39, 0.29) is 34.4 Å². The topological polar surface area (TPSA) is 114 Å². The van der Waals surface area contributed by atoms with Gasteiger partial charge in [-0.3, -0.25) is 9.59 Å². The molecule has 3 aromatic carbocycles. The summed E-state index contributed by atoms with van der Waals surface area (Å²) in [7, 11) is 1.46. The number of amides is 1. The van der Waals surface area contributed by atoms with Gasteiger partial charge in [0.2, 0.25) is 11.7 Å². The zero-order valence-electron chi connectivity index (χ0n) is 18.0. The smallest absolute Gasteiger partial charge is 0.228 e. The van der Waals surface area contributed by atoms with E-state index in [0.29, 0.717) is 17.0 Å². The second-order valence-corrected chi connectivity index (χ2v) is 8.69. The van der Waals surface area contributed by atoms with Crippen LogP contribution in [0.5, 0.6) is 11.5 Å². The Morgan fingerprint density at radius 1 is 1.12 bits per heavy atom. The van der Waals surface area contributed by atoms with Crippen LogP contribution in [0.1, 0.15) is 21.5 Å². The summed E-state index contributed by atoms with van der Waals surface area (Å²) in [5, 5.41) is 19.2. The maximum absolute atomic E-state index is 12.9. The van der Waals surface area contributed by atoms with E-state index in [1.807, 2.05) is 29.6 Å². The SMILES string of the molecule is COc1cc(/C(=N\N)C(=O)c2ccc(O)c(Cl)c2)ccc1NC(=O)Cc1csc2ccccc12. The molecule has 0 aliphatic rings. The van der Waals surface area contributed by atoms with Crippen molar-refractivity contribution >= 4 is 56.1 Å². The molecule has 4 aromatic rings. The monoisotopic (exact) mass is 493 g/mol. The van der Waals surface area contributed by atoms with Gasteiger partial charge >= 0.3 is 0 Å². The third kappa shape index (κ3) is 4.73. The fraction of sp³-hybridized carbons (Fsp3) is 0.0800. The number of halogens is 1. The van der Waals surface area contributed by atoms with Crippen LogP contribution in [-0.4, -0.2) is 29.6 Å². The number of methoxy groups -OCH3 is 1. The van der Waals surface area contributed by atoms with Crippen LogP contribution in [0.3, 0.4) is 0 Å². The Bertz CT molecular complexity index is 1430. The largest absolute Gasteiger partial charge is 0.506 e. The average Bonchev–Trinajstić information content (AvgIpc) is 3.24. The summed E-state index contributed by atoms with van der Waals surface area (Å²) in [5.74, 6) is 5.05. The van der Waals surface area contributed by atoms with Crippen LogP contribution in [0.4, 0.5) is 5.69 Å². The van der Waals surface area contributed by atoms with E-state index in [1.54, 1.807) is 29.5 Å². The third-order valence-electron chi connectivity index (χ3n) is 5.22. The number of fused-ring (bicyclic) bond motifs is 1. The second-order valence-electron chi connectivity index (χ2n) is 7.37. The van der Waals surface area contributed by atoms with Crippen LogP contribution in [0.25, 0.3) is 10.1 Å². The van der Waals surface area contributed by atoms with Gasteiger partial charge in [-0.1, -0.05) is 35.9 Å². The summed E-state index contributed by atoms with van der Waals surface area (Å²) in [5.41, 5.74) is 1.99. The van der Waals surface area contributed by atoms with Crippen molar-refractivity contribution in [2.24, 2.45) is 10.9 Å². The van der Waals surface area contributed by atoms with Crippen LogP contribution in [0, 0.1) is 0 Å². The van der Waals surface area contributed by atoms with Crippen LogP contribution < -0.4 is 15.9 Å². The Labute approximate surface area is 204 Å². The number of ketones is 1. The van der Waals surface area contributed by atoms with Gasteiger partial charge < -0.3 is 21.0 Å². The van der Waals surface area contributed by atoms with E-state index in [0.717, 1.165) is 15.6 Å². The number of phenolic OH excluding ortho intramolecular Hbond substituents is 1. The quantitative estimate of drug-likeness (QED) is 0.145. The number of hydrogen-bond donors (Lipinski definition) is 3. The maximum Gasteiger partial charge on any atom is 0.228 e. The number of thiophene rings is 1. The Morgan fingerprint density at radius 2 is 1.88 bits per heavy atom. The zero-order chi connectivity index (χ0) is 24.2. The van der Waals surface area contributed by atoms with Gasteiger partial charge in [-0.05, 0) is 52.7 Å². The van der Waals surface area contributed by atoms with Crippen molar-refractivity contribution in [1.29, 1.82) is 0 Å². The Morgan fingerprint density at radius 3 is 2.62 bits per heavy atom. The van der Waals surface area contributed by atoms with Crippen LogP contribution >= 0.6 is 22.9 Å². The highest BCUT2D eigenvalue weighted by Gasteiger charge is 2.20. The predicted octanol–water partition coefficient (Wildman–Crippen LogP) is 5.00. The molecule has 4 rings (SSSR count). The number of benzene rings is 3. The number of rotatable bonds is 7. The van der Waals surface area contributed by atoms with E-state index >= 15 is 0 Å². The minimum absolute atomic E-state index is 0.0253. The van der Waals surface area contributed by atoms with Gasteiger partial charge in [0.15, 0.2) is 0 Å². The lowest BCUT2D eigenvalue weighted by Crippen LogP contribution is -2.19. The number of nitrogens with two attached hydrogens (primary N) is 1. The van der Waals surface area contributed by atoms with Crippen molar-refractivity contribution in [3.63, 3.8) is 0 Å². The zero-order valence-corrected chi connectivity index (χ0v) is 19.6. The fourth-order valence-electron chi connectivity index (χ4n) is 3.53. The summed E-state index contributed by atoms with van der Waals surface area (Å²) in [6, 6.07) is 16.8. The predicted molar refractivity (Wildman–Crippen MR) is 135 cm³/mol. The molecular weight excluding hydrogens is 474 g/mol. The van der Waals surface area contributed by atoms with Gasteiger partial charge in [0.1, 0.15) is 17.2 Å². The molecule has 0 radical (unpaired) electrons. The number of hydrogen-bond acceptors (Lipinski definition) is 7. The van der Waals surface area contributed by atoms with Gasteiger partial charge in [-0.15, -0.1) is 11.3 Å². The molecular formula is C25H20ClN3O4S.